The summed E-state index contributed by atoms with van der Waals surface area (Å²) in [5, 5.41) is 6.12. The summed E-state index contributed by atoms with van der Waals surface area (Å²) in [7, 11) is 0. The molecule has 2 aliphatic rings. The fourth-order valence-electron chi connectivity index (χ4n) is 3.11. The van der Waals surface area contributed by atoms with Gasteiger partial charge in [-0.25, -0.2) is 0 Å². The van der Waals surface area contributed by atoms with E-state index in [-0.39, 0.29) is 24.3 Å². The predicted molar refractivity (Wildman–Crippen MR) is 66.9 cm³/mol. The molecule has 1 aliphatic heterocycles. The molecule has 1 aliphatic carbocycles. The topological polar surface area (TPSA) is 67.4 Å². The predicted octanol–water partition coefficient (Wildman–Crippen LogP) is 0.444. The Balaban J connectivity index is 1.70. The fourth-order valence-corrected chi connectivity index (χ4v) is 3.11. The van der Waals surface area contributed by atoms with Crippen LogP contribution in [0, 0.1) is 11.8 Å². The lowest BCUT2D eigenvalue weighted by atomic mass is 9.93. The minimum Gasteiger partial charge on any atom is -0.466 e. The molecular formula is C13H22N2O3. The molecule has 1 heterocycles. The Kier molecular flexibility index (Phi) is 4.58. The van der Waals surface area contributed by atoms with Gasteiger partial charge in [0.15, 0.2) is 0 Å². The molecule has 2 N–H and O–H groups in total. The Bertz CT molecular complexity index is 319. The molecule has 3 atom stereocenters. The van der Waals surface area contributed by atoms with Crippen molar-refractivity contribution in [3.63, 3.8) is 0 Å². The molecule has 0 aromatic carbocycles. The maximum Gasteiger partial charge on any atom is 0.307 e. The number of amides is 1. The van der Waals surface area contributed by atoms with Gasteiger partial charge < -0.3 is 15.4 Å². The number of esters is 1. The van der Waals surface area contributed by atoms with Gasteiger partial charge in [-0.2, -0.15) is 0 Å². The highest BCUT2D eigenvalue weighted by atomic mass is 16.5. The second-order valence-electron chi connectivity index (χ2n) is 5.09. The molecule has 0 spiro atoms. The average Bonchev–Trinajstić information content (AvgIpc) is 2.90. The Morgan fingerprint density at radius 2 is 2.22 bits per heavy atom. The van der Waals surface area contributed by atoms with E-state index in [0.717, 1.165) is 13.0 Å². The third-order valence-electron chi connectivity index (χ3n) is 3.96. The average molecular weight is 254 g/mol. The van der Waals surface area contributed by atoms with Gasteiger partial charge in [0.2, 0.25) is 5.91 Å². The van der Waals surface area contributed by atoms with Gasteiger partial charge in [-0.3, -0.25) is 9.59 Å². The van der Waals surface area contributed by atoms with Crippen LogP contribution < -0.4 is 10.6 Å². The van der Waals surface area contributed by atoms with Crippen molar-refractivity contribution in [2.75, 3.05) is 19.7 Å². The fraction of sp³-hybridized carbons (Fsp3) is 0.846. The van der Waals surface area contributed by atoms with Gasteiger partial charge in [0, 0.05) is 6.54 Å². The molecule has 0 bridgehead atoms. The van der Waals surface area contributed by atoms with E-state index in [2.05, 4.69) is 10.6 Å². The van der Waals surface area contributed by atoms with Gasteiger partial charge >= 0.3 is 5.97 Å². The van der Waals surface area contributed by atoms with Crippen LogP contribution in [-0.2, 0) is 14.3 Å². The molecule has 3 unspecified atom stereocenters. The van der Waals surface area contributed by atoms with Crippen LogP contribution in [0.15, 0.2) is 0 Å². The highest BCUT2D eigenvalue weighted by Crippen LogP contribution is 2.37. The zero-order valence-corrected chi connectivity index (χ0v) is 10.9. The van der Waals surface area contributed by atoms with E-state index in [1.807, 2.05) is 0 Å². The van der Waals surface area contributed by atoms with Gasteiger partial charge in [-0.05, 0) is 38.1 Å². The number of carbonyl (C=O) groups excluding carboxylic acids is 2. The monoisotopic (exact) mass is 254 g/mol. The molecule has 1 saturated heterocycles. The molecule has 5 heteroatoms. The SMILES string of the molecule is CCOC(=O)CCNC(=O)C1NCC2CCCC21. The first-order valence-corrected chi connectivity index (χ1v) is 6.89. The minimum atomic E-state index is -0.254. The van der Waals surface area contributed by atoms with Crippen LogP contribution in [0.3, 0.4) is 0 Å². The van der Waals surface area contributed by atoms with E-state index in [4.69, 9.17) is 4.74 Å². The molecule has 2 rings (SSSR count). The molecule has 1 amide bonds. The third kappa shape index (κ3) is 3.02. The van der Waals surface area contributed by atoms with E-state index in [0.29, 0.717) is 25.0 Å². The summed E-state index contributed by atoms with van der Waals surface area (Å²) in [5.41, 5.74) is 0. The molecule has 0 aromatic rings. The maximum absolute atomic E-state index is 12.0. The van der Waals surface area contributed by atoms with Crippen LogP contribution in [0.5, 0.6) is 0 Å². The summed E-state index contributed by atoms with van der Waals surface area (Å²) in [5.74, 6) is 0.947. The lowest BCUT2D eigenvalue weighted by Crippen LogP contribution is -2.44. The van der Waals surface area contributed by atoms with Gasteiger partial charge in [-0.1, -0.05) is 6.42 Å². The molecule has 1 saturated carbocycles. The summed E-state index contributed by atoms with van der Waals surface area (Å²) in [4.78, 5) is 23.1. The summed E-state index contributed by atoms with van der Waals surface area (Å²) in [6, 6.07) is -0.0558. The van der Waals surface area contributed by atoms with Crippen molar-refractivity contribution in [3.05, 3.63) is 0 Å². The molecule has 5 nitrogen and oxygen atoms in total. The number of fused-ring (bicyclic) bond motifs is 1. The van der Waals surface area contributed by atoms with Crippen molar-refractivity contribution in [1.29, 1.82) is 0 Å². The van der Waals surface area contributed by atoms with Crippen LogP contribution in [0.25, 0.3) is 0 Å². The van der Waals surface area contributed by atoms with E-state index >= 15 is 0 Å². The minimum absolute atomic E-state index is 0.0358. The quantitative estimate of drug-likeness (QED) is 0.699. The molecule has 0 radical (unpaired) electrons. The second-order valence-corrected chi connectivity index (χ2v) is 5.09. The molecule has 2 fully saturated rings. The van der Waals surface area contributed by atoms with Crippen LogP contribution in [-0.4, -0.2) is 37.6 Å². The van der Waals surface area contributed by atoms with Gasteiger partial charge in [0.25, 0.3) is 0 Å². The van der Waals surface area contributed by atoms with E-state index in [1.54, 1.807) is 6.92 Å². The van der Waals surface area contributed by atoms with Crippen molar-refractivity contribution in [2.24, 2.45) is 11.8 Å². The molecule has 18 heavy (non-hydrogen) atoms. The van der Waals surface area contributed by atoms with Crippen LogP contribution in [0.1, 0.15) is 32.6 Å². The summed E-state index contributed by atoms with van der Waals surface area (Å²) < 4.78 is 4.81. The number of rotatable bonds is 5. The highest BCUT2D eigenvalue weighted by Gasteiger charge is 2.42. The Morgan fingerprint density at radius 3 is 3.00 bits per heavy atom. The van der Waals surface area contributed by atoms with Crippen LogP contribution in [0.2, 0.25) is 0 Å². The number of nitrogens with one attached hydrogen (secondary N) is 2. The summed E-state index contributed by atoms with van der Waals surface area (Å²) in [6.07, 6.45) is 3.88. The lowest BCUT2D eigenvalue weighted by Gasteiger charge is -2.17. The zero-order valence-electron chi connectivity index (χ0n) is 10.9. The van der Waals surface area contributed by atoms with Crippen molar-refractivity contribution >= 4 is 11.9 Å². The number of hydrogen-bond acceptors (Lipinski definition) is 4. The first kappa shape index (κ1) is 13.3. The Morgan fingerprint density at radius 1 is 1.39 bits per heavy atom. The normalized spacial score (nSPS) is 29.9. The second kappa shape index (κ2) is 6.18. The van der Waals surface area contributed by atoms with Gasteiger partial charge in [-0.15, -0.1) is 0 Å². The van der Waals surface area contributed by atoms with Gasteiger partial charge in [0.05, 0.1) is 19.1 Å². The van der Waals surface area contributed by atoms with E-state index in [1.165, 1.54) is 12.8 Å². The summed E-state index contributed by atoms with van der Waals surface area (Å²) in [6.45, 7) is 3.49. The van der Waals surface area contributed by atoms with Crippen molar-refractivity contribution in [1.82, 2.24) is 10.6 Å². The molecule has 0 aromatic heterocycles. The van der Waals surface area contributed by atoms with Crippen molar-refractivity contribution < 1.29 is 14.3 Å². The number of hydrogen-bond donors (Lipinski definition) is 2. The smallest absolute Gasteiger partial charge is 0.307 e. The molecular weight excluding hydrogens is 232 g/mol. The Hall–Kier alpha value is -1.10. The first-order valence-electron chi connectivity index (χ1n) is 6.89. The standard InChI is InChI=1S/C13H22N2O3/c1-2-18-11(16)6-7-14-13(17)12-10-5-3-4-9(10)8-15-12/h9-10,12,15H,2-8H2,1H3,(H,14,17). The van der Waals surface area contributed by atoms with Gasteiger partial charge in [0.1, 0.15) is 0 Å². The largest absolute Gasteiger partial charge is 0.466 e. The summed E-state index contributed by atoms with van der Waals surface area (Å²) >= 11 is 0. The first-order chi connectivity index (χ1) is 8.72. The Labute approximate surface area is 108 Å². The lowest BCUT2D eigenvalue weighted by molar-refractivity contribution is -0.143. The van der Waals surface area contributed by atoms with Crippen molar-refractivity contribution in [2.45, 2.75) is 38.6 Å². The zero-order chi connectivity index (χ0) is 13.0. The van der Waals surface area contributed by atoms with E-state index < -0.39 is 0 Å². The number of ether oxygens (including phenoxy) is 1. The van der Waals surface area contributed by atoms with Crippen LogP contribution >= 0.6 is 0 Å². The maximum atomic E-state index is 12.0. The highest BCUT2D eigenvalue weighted by molar-refractivity contribution is 5.83. The molecule has 102 valence electrons. The number of carbonyl (C=O) groups is 2. The van der Waals surface area contributed by atoms with E-state index in [9.17, 15) is 9.59 Å². The third-order valence-corrected chi connectivity index (χ3v) is 3.96. The van der Waals surface area contributed by atoms with Crippen molar-refractivity contribution in [3.8, 4) is 0 Å². The van der Waals surface area contributed by atoms with Crippen LogP contribution in [0.4, 0.5) is 0 Å².